The van der Waals surface area contributed by atoms with Crippen molar-refractivity contribution in [3.05, 3.63) is 72.8 Å². The molecule has 0 bridgehead atoms. The summed E-state index contributed by atoms with van der Waals surface area (Å²) >= 11 is 4.75. The summed E-state index contributed by atoms with van der Waals surface area (Å²) in [6.45, 7) is 9.65. The zero-order valence-corrected chi connectivity index (χ0v) is 16.2. The topological polar surface area (TPSA) is 15.7 Å². The van der Waals surface area contributed by atoms with E-state index in [1.165, 1.54) is 11.3 Å². The van der Waals surface area contributed by atoms with Crippen LogP contribution in [-0.4, -0.2) is 49.5 Å². The van der Waals surface area contributed by atoms with Gasteiger partial charge in [0.2, 0.25) is 0 Å². The van der Waals surface area contributed by atoms with Gasteiger partial charge in [0, 0.05) is 43.7 Å². The number of nitrogens with zero attached hydrogens (tertiary/aromatic N) is 2. The molecule has 4 heteroatoms. The molecule has 2 aromatic rings. The molecule has 1 saturated heterocycles. The smallest absolute Gasteiger partial charge is 0.122 e. The Morgan fingerprint density at radius 2 is 1.69 bits per heavy atom. The first-order valence-corrected chi connectivity index (χ1v) is 9.80. The van der Waals surface area contributed by atoms with Gasteiger partial charge in [-0.2, -0.15) is 12.6 Å². The van der Waals surface area contributed by atoms with Crippen molar-refractivity contribution in [1.29, 1.82) is 0 Å². The van der Waals surface area contributed by atoms with Crippen LogP contribution in [0.4, 0.5) is 5.69 Å². The van der Waals surface area contributed by atoms with E-state index in [0.29, 0.717) is 6.61 Å². The summed E-state index contributed by atoms with van der Waals surface area (Å²) in [5.41, 5.74) is 2.50. The highest BCUT2D eigenvalue weighted by atomic mass is 32.1. The first-order valence-electron chi connectivity index (χ1n) is 9.28. The van der Waals surface area contributed by atoms with Crippen LogP contribution in [0.1, 0.15) is 5.56 Å². The highest BCUT2D eigenvalue weighted by molar-refractivity contribution is 7.81. The number of piperazine rings is 1. The summed E-state index contributed by atoms with van der Waals surface area (Å²) in [7, 11) is 0. The molecule has 0 radical (unpaired) electrons. The van der Waals surface area contributed by atoms with Gasteiger partial charge >= 0.3 is 0 Å². The van der Waals surface area contributed by atoms with E-state index in [-0.39, 0.29) is 5.25 Å². The van der Waals surface area contributed by atoms with E-state index in [2.05, 4.69) is 52.8 Å². The molecule has 1 aliphatic heterocycles. The number of ether oxygens (including phenoxy) is 1. The van der Waals surface area contributed by atoms with E-state index in [0.717, 1.165) is 44.9 Å². The Kier molecular flexibility index (Phi) is 7.04. The van der Waals surface area contributed by atoms with Gasteiger partial charge in [-0.05, 0) is 30.2 Å². The molecule has 0 aromatic heterocycles. The molecule has 1 atom stereocenters. The lowest BCUT2D eigenvalue weighted by atomic mass is 10.1. The summed E-state index contributed by atoms with van der Waals surface area (Å²) in [5, 5.41) is 0.204. The predicted octanol–water partition coefficient (Wildman–Crippen LogP) is 3.91. The minimum absolute atomic E-state index is 0.204. The van der Waals surface area contributed by atoms with Crippen LogP contribution >= 0.6 is 12.6 Å². The molecule has 3 rings (SSSR count). The Balaban J connectivity index is 1.43. The van der Waals surface area contributed by atoms with Crippen molar-refractivity contribution in [2.75, 3.05) is 44.2 Å². The fourth-order valence-corrected chi connectivity index (χ4v) is 3.64. The third kappa shape index (κ3) is 5.29. The van der Waals surface area contributed by atoms with Crippen molar-refractivity contribution in [2.45, 2.75) is 11.7 Å². The van der Waals surface area contributed by atoms with E-state index in [1.54, 1.807) is 0 Å². The lowest BCUT2D eigenvalue weighted by Gasteiger charge is -2.37. The molecular formula is C22H28N2OS. The van der Waals surface area contributed by atoms with Crippen molar-refractivity contribution in [1.82, 2.24) is 4.90 Å². The number of allylic oxidation sites excluding steroid dienone is 1. The van der Waals surface area contributed by atoms with Crippen molar-refractivity contribution in [3.63, 3.8) is 0 Å². The zero-order chi connectivity index (χ0) is 18.2. The van der Waals surface area contributed by atoms with Crippen molar-refractivity contribution >= 4 is 18.3 Å². The number of benzene rings is 2. The molecule has 138 valence electrons. The van der Waals surface area contributed by atoms with Crippen LogP contribution in [0.25, 0.3) is 0 Å². The molecule has 1 aliphatic rings. The standard InChI is InChI=1S/C22H28N2OS/c1-2-8-19-9-6-7-12-22(19)25-18-21(26)17-23-13-15-24(16-14-23)20-10-4-3-5-11-20/h2-7,9-12,21,26H,1,8,13-18H2. The van der Waals surface area contributed by atoms with Gasteiger partial charge in [-0.15, -0.1) is 6.58 Å². The maximum absolute atomic E-state index is 6.02. The van der Waals surface area contributed by atoms with Gasteiger partial charge in [0.25, 0.3) is 0 Å². The Bertz CT molecular complexity index is 684. The Hall–Kier alpha value is -1.91. The fourth-order valence-electron chi connectivity index (χ4n) is 3.33. The Morgan fingerprint density at radius 3 is 2.42 bits per heavy atom. The van der Waals surface area contributed by atoms with E-state index in [1.807, 2.05) is 24.3 Å². The highest BCUT2D eigenvalue weighted by Crippen LogP contribution is 2.20. The molecule has 1 unspecified atom stereocenters. The molecule has 0 N–H and O–H groups in total. The molecular weight excluding hydrogens is 340 g/mol. The highest BCUT2D eigenvalue weighted by Gasteiger charge is 2.19. The molecule has 0 amide bonds. The van der Waals surface area contributed by atoms with Crippen molar-refractivity contribution in [2.24, 2.45) is 0 Å². The summed E-state index contributed by atoms with van der Waals surface area (Å²) < 4.78 is 6.02. The Labute approximate surface area is 162 Å². The number of rotatable bonds is 8. The number of hydrogen-bond acceptors (Lipinski definition) is 4. The van der Waals surface area contributed by atoms with Crippen molar-refractivity contribution < 1.29 is 4.74 Å². The second-order valence-corrected chi connectivity index (χ2v) is 7.42. The van der Waals surface area contributed by atoms with Crippen molar-refractivity contribution in [3.8, 4) is 5.75 Å². The molecule has 3 nitrogen and oxygen atoms in total. The van der Waals surface area contributed by atoms with Gasteiger partial charge in [0.15, 0.2) is 0 Å². The van der Waals surface area contributed by atoms with E-state index >= 15 is 0 Å². The largest absolute Gasteiger partial charge is 0.492 e. The molecule has 1 heterocycles. The minimum atomic E-state index is 0.204. The summed E-state index contributed by atoms with van der Waals surface area (Å²) in [6, 6.07) is 18.8. The summed E-state index contributed by atoms with van der Waals surface area (Å²) in [5.74, 6) is 0.945. The maximum Gasteiger partial charge on any atom is 0.122 e. The van der Waals surface area contributed by atoms with Crippen LogP contribution in [0.15, 0.2) is 67.3 Å². The maximum atomic E-state index is 6.02. The number of anilines is 1. The quantitative estimate of drug-likeness (QED) is 0.562. The lowest BCUT2D eigenvalue weighted by molar-refractivity contribution is 0.230. The molecule has 0 aliphatic carbocycles. The van der Waals surface area contributed by atoms with Crippen LogP contribution in [0.5, 0.6) is 5.75 Å². The van der Waals surface area contributed by atoms with Crippen LogP contribution in [0.3, 0.4) is 0 Å². The van der Waals surface area contributed by atoms with Crippen LogP contribution in [-0.2, 0) is 6.42 Å². The average molecular weight is 369 g/mol. The van der Waals surface area contributed by atoms with Gasteiger partial charge in [-0.3, -0.25) is 4.90 Å². The number of hydrogen-bond donors (Lipinski definition) is 1. The first-order chi connectivity index (χ1) is 12.8. The van der Waals surface area contributed by atoms with Crippen LogP contribution < -0.4 is 9.64 Å². The number of para-hydroxylation sites is 2. The molecule has 1 fully saturated rings. The molecule has 0 spiro atoms. The van der Waals surface area contributed by atoms with E-state index < -0.39 is 0 Å². The van der Waals surface area contributed by atoms with Crippen LogP contribution in [0.2, 0.25) is 0 Å². The monoisotopic (exact) mass is 368 g/mol. The molecule has 26 heavy (non-hydrogen) atoms. The molecule has 0 saturated carbocycles. The third-order valence-electron chi connectivity index (χ3n) is 4.73. The Morgan fingerprint density at radius 1 is 1.00 bits per heavy atom. The van der Waals surface area contributed by atoms with E-state index in [4.69, 9.17) is 17.4 Å². The second-order valence-electron chi connectivity index (χ2n) is 6.69. The van der Waals surface area contributed by atoms with Gasteiger partial charge in [0.1, 0.15) is 12.4 Å². The lowest BCUT2D eigenvalue weighted by Crippen LogP contribution is -2.48. The normalized spacial score (nSPS) is 16.3. The summed E-state index contributed by atoms with van der Waals surface area (Å²) in [4.78, 5) is 4.93. The molecule has 2 aromatic carbocycles. The minimum Gasteiger partial charge on any atom is -0.492 e. The van der Waals surface area contributed by atoms with Crippen LogP contribution in [0, 0.1) is 0 Å². The fraction of sp³-hybridized carbons (Fsp3) is 0.364. The first kappa shape index (κ1) is 18.9. The third-order valence-corrected chi connectivity index (χ3v) is 5.04. The second kappa shape index (κ2) is 9.70. The average Bonchev–Trinajstić information content (AvgIpc) is 2.69. The zero-order valence-electron chi connectivity index (χ0n) is 15.3. The SMILES string of the molecule is C=CCc1ccccc1OCC(S)CN1CCN(c2ccccc2)CC1. The number of thiol groups is 1. The van der Waals surface area contributed by atoms with E-state index in [9.17, 15) is 0 Å². The summed E-state index contributed by atoms with van der Waals surface area (Å²) in [6.07, 6.45) is 2.74. The van der Waals surface area contributed by atoms with Gasteiger partial charge < -0.3 is 9.64 Å². The predicted molar refractivity (Wildman–Crippen MR) is 114 cm³/mol. The van der Waals surface area contributed by atoms with Gasteiger partial charge in [-0.1, -0.05) is 42.5 Å². The van der Waals surface area contributed by atoms with Gasteiger partial charge in [-0.25, -0.2) is 0 Å². The van der Waals surface area contributed by atoms with Gasteiger partial charge in [0.05, 0.1) is 0 Å².